The van der Waals surface area contributed by atoms with E-state index in [0.717, 1.165) is 24.2 Å². The van der Waals surface area contributed by atoms with Gasteiger partial charge < -0.3 is 20.4 Å². The van der Waals surface area contributed by atoms with Crippen molar-refractivity contribution in [2.75, 3.05) is 26.7 Å². The zero-order valence-corrected chi connectivity index (χ0v) is 18.4. The Balaban J connectivity index is 1.87. The van der Waals surface area contributed by atoms with Gasteiger partial charge in [-0.2, -0.15) is 0 Å². The highest BCUT2D eigenvalue weighted by Crippen LogP contribution is 2.21. The maximum absolute atomic E-state index is 13.4. The fourth-order valence-electron chi connectivity index (χ4n) is 4.18. The fourth-order valence-corrected chi connectivity index (χ4v) is 4.18. The Bertz CT molecular complexity index is 858. The maximum atomic E-state index is 13.4. The Labute approximate surface area is 182 Å². The van der Waals surface area contributed by atoms with Crippen LogP contribution in [0.2, 0.25) is 0 Å². The molecular weight excluding hydrogens is 398 g/mol. The highest BCUT2D eigenvalue weighted by Gasteiger charge is 2.34. The average Bonchev–Trinajstić information content (AvgIpc) is 2.75. The van der Waals surface area contributed by atoms with E-state index in [1.807, 2.05) is 25.1 Å². The van der Waals surface area contributed by atoms with Crippen LogP contribution in [0.3, 0.4) is 0 Å². The van der Waals surface area contributed by atoms with Crippen LogP contribution in [0.25, 0.3) is 0 Å². The van der Waals surface area contributed by atoms with Gasteiger partial charge in [0.15, 0.2) is 0 Å². The second kappa shape index (κ2) is 9.89. The maximum Gasteiger partial charge on any atom is 0.242 e. The third-order valence-corrected chi connectivity index (χ3v) is 6.02. The van der Waals surface area contributed by atoms with Crippen molar-refractivity contribution in [2.24, 2.45) is 5.92 Å². The summed E-state index contributed by atoms with van der Waals surface area (Å²) in [5.41, 5.74) is 1.60. The summed E-state index contributed by atoms with van der Waals surface area (Å²) >= 11 is 0. The fraction of sp³-hybridized carbons (Fsp3) is 0.591. The molecule has 0 aromatic carbocycles. The first-order chi connectivity index (χ1) is 14.7. The van der Waals surface area contributed by atoms with Crippen LogP contribution < -0.4 is 10.6 Å². The summed E-state index contributed by atoms with van der Waals surface area (Å²) in [6.07, 6.45) is 1.88. The average molecular weight is 430 g/mol. The van der Waals surface area contributed by atoms with Gasteiger partial charge in [-0.05, 0) is 38.8 Å². The van der Waals surface area contributed by atoms with Crippen molar-refractivity contribution in [2.45, 2.75) is 51.6 Å². The zero-order chi connectivity index (χ0) is 22.5. The smallest absolute Gasteiger partial charge is 0.242 e. The van der Waals surface area contributed by atoms with Crippen LogP contribution in [-0.4, -0.2) is 77.2 Å². The van der Waals surface area contributed by atoms with Gasteiger partial charge in [-0.1, -0.05) is 6.07 Å². The van der Waals surface area contributed by atoms with Gasteiger partial charge in [0.25, 0.3) is 0 Å². The summed E-state index contributed by atoms with van der Waals surface area (Å²) in [6.45, 7) is 4.33. The summed E-state index contributed by atoms with van der Waals surface area (Å²) in [4.78, 5) is 58.8. The molecule has 2 aliphatic heterocycles. The Morgan fingerprint density at radius 2 is 1.97 bits per heavy atom. The molecule has 2 fully saturated rings. The van der Waals surface area contributed by atoms with Gasteiger partial charge in [-0.3, -0.25) is 24.2 Å². The second-order valence-electron chi connectivity index (χ2n) is 8.47. The molecule has 2 bridgehead atoms. The van der Waals surface area contributed by atoms with Gasteiger partial charge in [0.1, 0.15) is 6.04 Å². The molecule has 4 amide bonds. The summed E-state index contributed by atoms with van der Waals surface area (Å²) in [7, 11) is 1.71. The van der Waals surface area contributed by atoms with Gasteiger partial charge in [-0.25, -0.2) is 0 Å². The number of piperidine rings is 1. The van der Waals surface area contributed by atoms with Crippen LogP contribution in [0.1, 0.15) is 37.6 Å². The van der Waals surface area contributed by atoms with Crippen LogP contribution in [0.4, 0.5) is 0 Å². The Hall–Kier alpha value is -2.97. The van der Waals surface area contributed by atoms with E-state index in [1.165, 1.54) is 0 Å². The summed E-state index contributed by atoms with van der Waals surface area (Å²) in [6, 6.07) is 4.70. The summed E-state index contributed by atoms with van der Waals surface area (Å²) < 4.78 is 0. The molecule has 9 nitrogen and oxygen atoms in total. The monoisotopic (exact) mass is 429 g/mol. The van der Waals surface area contributed by atoms with Crippen molar-refractivity contribution in [3.8, 4) is 0 Å². The molecule has 1 aromatic rings. The molecule has 2 saturated heterocycles. The zero-order valence-electron chi connectivity index (χ0n) is 18.4. The van der Waals surface area contributed by atoms with Crippen LogP contribution in [0, 0.1) is 12.8 Å². The molecule has 3 heterocycles. The SMILES string of the molecule is Cc1cccc(CC2CC(=O)NC(C)C(=O)NCC(=O)N(C)C3CCCN(C3)C2=O)n1. The molecule has 2 N–H and O–H groups in total. The molecule has 168 valence electrons. The van der Waals surface area contributed by atoms with E-state index in [-0.39, 0.29) is 36.7 Å². The normalized spacial score (nSPS) is 26.2. The first kappa shape index (κ1) is 22.7. The number of likely N-dealkylation sites (N-methyl/N-ethyl adjacent to an activating group) is 1. The number of amides is 4. The highest BCUT2D eigenvalue weighted by atomic mass is 16.2. The van der Waals surface area contributed by atoms with E-state index in [0.29, 0.717) is 19.5 Å². The first-order valence-corrected chi connectivity index (χ1v) is 10.8. The number of rotatable bonds is 2. The van der Waals surface area contributed by atoms with Crippen molar-refractivity contribution < 1.29 is 19.2 Å². The van der Waals surface area contributed by atoms with Crippen molar-refractivity contribution >= 4 is 23.6 Å². The highest BCUT2D eigenvalue weighted by molar-refractivity contribution is 5.92. The minimum atomic E-state index is -0.804. The van der Waals surface area contributed by atoms with Gasteiger partial charge in [0.05, 0.1) is 12.5 Å². The largest absolute Gasteiger partial charge is 0.345 e. The minimum Gasteiger partial charge on any atom is -0.345 e. The van der Waals surface area contributed by atoms with E-state index >= 15 is 0 Å². The molecule has 31 heavy (non-hydrogen) atoms. The second-order valence-corrected chi connectivity index (χ2v) is 8.47. The molecule has 0 aliphatic carbocycles. The van der Waals surface area contributed by atoms with Crippen LogP contribution in [-0.2, 0) is 25.6 Å². The Kier molecular flexibility index (Phi) is 7.25. The molecule has 3 rings (SSSR count). The molecular formula is C22H31N5O4. The molecule has 0 radical (unpaired) electrons. The Morgan fingerprint density at radius 1 is 1.19 bits per heavy atom. The molecule has 9 heteroatoms. The van der Waals surface area contributed by atoms with Crippen LogP contribution in [0.5, 0.6) is 0 Å². The van der Waals surface area contributed by atoms with Gasteiger partial charge in [0.2, 0.25) is 23.6 Å². The lowest BCUT2D eigenvalue weighted by molar-refractivity contribution is -0.143. The number of nitrogens with zero attached hydrogens (tertiary/aromatic N) is 3. The molecule has 0 spiro atoms. The standard InChI is InChI=1S/C22H31N5O4/c1-14-6-4-7-17(24-14)10-16-11-19(28)25-15(2)21(30)23-12-20(29)26(3)18-8-5-9-27(13-18)22(16)31/h4,6-7,15-16,18H,5,8-13H2,1-3H3,(H,23,30)(H,25,28). The quantitative estimate of drug-likeness (QED) is 0.689. The lowest BCUT2D eigenvalue weighted by atomic mass is 9.94. The Morgan fingerprint density at radius 3 is 2.71 bits per heavy atom. The molecule has 2 aliphatic rings. The van der Waals surface area contributed by atoms with Crippen LogP contribution in [0.15, 0.2) is 18.2 Å². The summed E-state index contributed by atoms with van der Waals surface area (Å²) in [5.74, 6) is -1.72. The number of fused-ring (bicyclic) bond motifs is 2. The predicted octanol–water partition coefficient (Wildman–Crippen LogP) is 0.0227. The van der Waals surface area contributed by atoms with Crippen molar-refractivity contribution in [3.05, 3.63) is 29.6 Å². The molecule has 3 atom stereocenters. The predicted molar refractivity (Wildman–Crippen MR) is 114 cm³/mol. The number of aryl methyl sites for hydroxylation is 1. The number of carbonyl (C=O) groups excluding carboxylic acids is 4. The number of hydrogen-bond acceptors (Lipinski definition) is 5. The first-order valence-electron chi connectivity index (χ1n) is 10.8. The van der Waals surface area contributed by atoms with E-state index in [2.05, 4.69) is 15.6 Å². The van der Waals surface area contributed by atoms with Gasteiger partial charge in [-0.15, -0.1) is 0 Å². The third-order valence-electron chi connectivity index (χ3n) is 6.02. The van der Waals surface area contributed by atoms with Gasteiger partial charge in [0, 0.05) is 50.4 Å². The number of pyridine rings is 1. The van der Waals surface area contributed by atoms with E-state index in [9.17, 15) is 19.2 Å². The minimum absolute atomic E-state index is 0.0258. The van der Waals surface area contributed by atoms with Gasteiger partial charge >= 0.3 is 0 Å². The molecule has 0 saturated carbocycles. The van der Waals surface area contributed by atoms with E-state index in [4.69, 9.17) is 0 Å². The van der Waals surface area contributed by atoms with Crippen molar-refractivity contribution in [3.63, 3.8) is 0 Å². The lowest BCUT2D eigenvalue weighted by Crippen LogP contribution is -2.55. The molecule has 1 aromatic heterocycles. The lowest BCUT2D eigenvalue weighted by Gasteiger charge is -2.39. The number of carbonyl (C=O) groups is 4. The van der Waals surface area contributed by atoms with Crippen LogP contribution >= 0.6 is 0 Å². The summed E-state index contributed by atoms with van der Waals surface area (Å²) in [5, 5.41) is 5.24. The van der Waals surface area contributed by atoms with E-state index < -0.39 is 17.9 Å². The van der Waals surface area contributed by atoms with Crippen molar-refractivity contribution in [1.29, 1.82) is 0 Å². The van der Waals surface area contributed by atoms with Crippen molar-refractivity contribution in [1.82, 2.24) is 25.4 Å². The number of hydrogen-bond donors (Lipinski definition) is 2. The van der Waals surface area contributed by atoms with E-state index in [1.54, 1.807) is 23.8 Å². The molecule has 3 unspecified atom stereocenters. The number of aromatic nitrogens is 1. The topological polar surface area (TPSA) is 112 Å². The number of nitrogens with one attached hydrogen (secondary N) is 2. The third kappa shape index (κ3) is 5.80.